The van der Waals surface area contributed by atoms with Crippen LogP contribution in [0.25, 0.3) is 0 Å². The van der Waals surface area contributed by atoms with E-state index in [4.69, 9.17) is 11.6 Å². The Morgan fingerprint density at radius 1 is 1.46 bits per heavy atom. The number of carbonyl (C=O) groups excluding carboxylic acids is 1. The van der Waals surface area contributed by atoms with E-state index < -0.39 is 0 Å². The molecule has 0 N–H and O–H groups in total. The van der Waals surface area contributed by atoms with Gasteiger partial charge in [-0.2, -0.15) is 0 Å². The van der Waals surface area contributed by atoms with Crippen molar-refractivity contribution in [3.8, 4) is 0 Å². The number of halogens is 2. The van der Waals surface area contributed by atoms with Crippen LogP contribution in [0.2, 0.25) is 0 Å². The highest BCUT2D eigenvalue weighted by Gasteiger charge is 2.21. The molecule has 0 aromatic carbocycles. The van der Waals surface area contributed by atoms with Gasteiger partial charge in [0.05, 0.1) is 6.67 Å². The molecule has 0 spiro atoms. The predicted octanol–water partition coefficient (Wildman–Crippen LogP) is 1.82. The van der Waals surface area contributed by atoms with Crippen LogP contribution < -0.4 is 0 Å². The summed E-state index contributed by atoms with van der Waals surface area (Å²) in [5, 5.41) is 0. The fourth-order valence-corrected chi connectivity index (χ4v) is 1.74. The van der Waals surface area contributed by atoms with E-state index >= 15 is 0 Å². The van der Waals surface area contributed by atoms with Gasteiger partial charge >= 0.3 is 0 Å². The summed E-state index contributed by atoms with van der Waals surface area (Å²) in [7, 11) is 0. The Balaban J connectivity index is 2.28. The zero-order chi connectivity index (χ0) is 9.68. The maximum absolute atomic E-state index is 12.2. The van der Waals surface area contributed by atoms with Crippen molar-refractivity contribution in [2.45, 2.75) is 19.3 Å². The molecule has 0 unspecified atom stereocenters. The number of nitrogens with zero attached hydrogens (tertiary/aromatic N) is 1. The van der Waals surface area contributed by atoms with Crippen LogP contribution in [0, 0.1) is 5.92 Å². The standard InChI is InChI=1S/C9H15ClFNO/c10-4-1-9(13)12-5-2-8(7-11)3-6-12/h8H,1-7H2. The Labute approximate surface area is 83.0 Å². The molecule has 1 saturated heterocycles. The molecule has 0 aromatic rings. The van der Waals surface area contributed by atoms with Gasteiger partial charge in [0.2, 0.25) is 5.91 Å². The van der Waals surface area contributed by atoms with Gasteiger partial charge in [0.1, 0.15) is 0 Å². The predicted molar refractivity (Wildman–Crippen MR) is 50.6 cm³/mol. The number of hydrogen-bond donors (Lipinski definition) is 0. The van der Waals surface area contributed by atoms with Gasteiger partial charge in [-0.1, -0.05) is 0 Å². The van der Waals surface area contributed by atoms with E-state index in [1.165, 1.54) is 0 Å². The van der Waals surface area contributed by atoms with Crippen LogP contribution in [-0.2, 0) is 4.79 Å². The lowest BCUT2D eigenvalue weighted by atomic mass is 9.98. The van der Waals surface area contributed by atoms with Crippen LogP contribution in [-0.4, -0.2) is 36.5 Å². The number of likely N-dealkylation sites (tertiary alicyclic amines) is 1. The zero-order valence-electron chi connectivity index (χ0n) is 7.64. The Bertz CT molecular complexity index is 169. The molecule has 2 nitrogen and oxygen atoms in total. The molecule has 1 fully saturated rings. The highest BCUT2D eigenvalue weighted by molar-refractivity contribution is 6.18. The summed E-state index contributed by atoms with van der Waals surface area (Å²) in [6.07, 6.45) is 2.00. The molecule has 0 aromatic heterocycles. The number of rotatable bonds is 3. The minimum Gasteiger partial charge on any atom is -0.343 e. The van der Waals surface area contributed by atoms with E-state index in [1.54, 1.807) is 4.90 Å². The number of carbonyl (C=O) groups is 1. The van der Waals surface area contributed by atoms with E-state index in [1.807, 2.05) is 0 Å². The van der Waals surface area contributed by atoms with Gasteiger partial charge in [0, 0.05) is 25.4 Å². The van der Waals surface area contributed by atoms with E-state index in [9.17, 15) is 9.18 Å². The lowest BCUT2D eigenvalue weighted by Gasteiger charge is -2.30. The van der Waals surface area contributed by atoms with Gasteiger partial charge in [-0.05, 0) is 18.8 Å². The van der Waals surface area contributed by atoms with Crippen molar-refractivity contribution in [3.05, 3.63) is 0 Å². The van der Waals surface area contributed by atoms with Crippen LogP contribution in [0.4, 0.5) is 4.39 Å². The van der Waals surface area contributed by atoms with Crippen molar-refractivity contribution in [1.82, 2.24) is 4.90 Å². The molecular weight excluding hydrogens is 193 g/mol. The summed E-state index contributed by atoms with van der Waals surface area (Å²) in [4.78, 5) is 13.1. The third-order valence-electron chi connectivity index (χ3n) is 2.49. The van der Waals surface area contributed by atoms with Crippen molar-refractivity contribution in [2.75, 3.05) is 25.6 Å². The van der Waals surface area contributed by atoms with E-state index in [-0.39, 0.29) is 18.5 Å². The van der Waals surface area contributed by atoms with Gasteiger partial charge in [-0.15, -0.1) is 11.6 Å². The summed E-state index contributed by atoms with van der Waals surface area (Å²) in [6, 6.07) is 0. The van der Waals surface area contributed by atoms with Crippen molar-refractivity contribution in [3.63, 3.8) is 0 Å². The first-order chi connectivity index (χ1) is 6.27. The first kappa shape index (κ1) is 10.8. The molecule has 1 aliphatic heterocycles. The van der Waals surface area contributed by atoms with Gasteiger partial charge in [-0.3, -0.25) is 9.18 Å². The van der Waals surface area contributed by atoms with Crippen LogP contribution >= 0.6 is 11.6 Å². The molecular formula is C9H15ClFNO. The van der Waals surface area contributed by atoms with Crippen LogP contribution in [0.5, 0.6) is 0 Å². The smallest absolute Gasteiger partial charge is 0.223 e. The third-order valence-corrected chi connectivity index (χ3v) is 2.68. The molecule has 0 atom stereocenters. The monoisotopic (exact) mass is 207 g/mol. The average molecular weight is 208 g/mol. The molecule has 13 heavy (non-hydrogen) atoms. The summed E-state index contributed by atoms with van der Waals surface area (Å²) < 4.78 is 12.2. The maximum Gasteiger partial charge on any atom is 0.223 e. The maximum atomic E-state index is 12.2. The summed E-state index contributed by atoms with van der Waals surface area (Å²) >= 11 is 5.46. The number of hydrogen-bond acceptors (Lipinski definition) is 1. The van der Waals surface area contributed by atoms with Crippen molar-refractivity contribution < 1.29 is 9.18 Å². The molecule has 0 radical (unpaired) electrons. The van der Waals surface area contributed by atoms with E-state index in [2.05, 4.69) is 0 Å². The number of amides is 1. The van der Waals surface area contributed by atoms with Gasteiger partial charge < -0.3 is 4.90 Å². The van der Waals surface area contributed by atoms with Crippen molar-refractivity contribution in [2.24, 2.45) is 5.92 Å². The minimum absolute atomic E-state index is 0.104. The second-order valence-electron chi connectivity index (χ2n) is 3.42. The first-order valence-electron chi connectivity index (χ1n) is 4.67. The molecule has 0 saturated carbocycles. The molecule has 1 aliphatic rings. The van der Waals surface area contributed by atoms with E-state index in [0.717, 1.165) is 12.8 Å². The average Bonchev–Trinajstić information content (AvgIpc) is 2.18. The quantitative estimate of drug-likeness (QED) is 0.647. The number of piperidine rings is 1. The van der Waals surface area contributed by atoms with Crippen LogP contribution in [0.1, 0.15) is 19.3 Å². The van der Waals surface area contributed by atoms with Crippen molar-refractivity contribution >= 4 is 17.5 Å². The second kappa shape index (κ2) is 5.43. The van der Waals surface area contributed by atoms with Crippen molar-refractivity contribution in [1.29, 1.82) is 0 Å². The molecule has 0 bridgehead atoms. The van der Waals surface area contributed by atoms with Crippen LogP contribution in [0.15, 0.2) is 0 Å². The SMILES string of the molecule is O=C(CCCl)N1CCC(CF)CC1. The molecule has 1 heterocycles. The highest BCUT2D eigenvalue weighted by Crippen LogP contribution is 2.17. The minimum atomic E-state index is -0.252. The summed E-state index contributed by atoms with van der Waals surface area (Å²) in [5.74, 6) is 0.648. The molecule has 4 heteroatoms. The first-order valence-corrected chi connectivity index (χ1v) is 5.21. The van der Waals surface area contributed by atoms with Gasteiger partial charge in [0.25, 0.3) is 0 Å². The Kier molecular flexibility index (Phi) is 4.50. The molecule has 0 aliphatic carbocycles. The Hall–Kier alpha value is -0.310. The van der Waals surface area contributed by atoms with Crippen LogP contribution in [0.3, 0.4) is 0 Å². The fraction of sp³-hybridized carbons (Fsp3) is 0.889. The zero-order valence-corrected chi connectivity index (χ0v) is 8.39. The van der Waals surface area contributed by atoms with Gasteiger partial charge in [0.15, 0.2) is 0 Å². The normalized spacial score (nSPS) is 19.1. The lowest BCUT2D eigenvalue weighted by Crippen LogP contribution is -2.38. The van der Waals surface area contributed by atoms with Gasteiger partial charge in [-0.25, -0.2) is 0 Å². The summed E-state index contributed by atoms with van der Waals surface area (Å²) in [6.45, 7) is 1.14. The number of alkyl halides is 2. The summed E-state index contributed by atoms with van der Waals surface area (Å²) in [5.41, 5.74) is 0. The molecule has 1 amide bonds. The van der Waals surface area contributed by atoms with E-state index in [0.29, 0.717) is 25.4 Å². The molecule has 1 rings (SSSR count). The lowest BCUT2D eigenvalue weighted by molar-refractivity contribution is -0.132. The molecule has 76 valence electrons. The topological polar surface area (TPSA) is 20.3 Å². The largest absolute Gasteiger partial charge is 0.343 e. The second-order valence-corrected chi connectivity index (χ2v) is 3.80. The Morgan fingerprint density at radius 2 is 2.08 bits per heavy atom. The fourth-order valence-electron chi connectivity index (χ4n) is 1.58. The highest BCUT2D eigenvalue weighted by atomic mass is 35.5. The Morgan fingerprint density at radius 3 is 2.54 bits per heavy atom. The third kappa shape index (κ3) is 3.14.